The van der Waals surface area contributed by atoms with Crippen molar-refractivity contribution in [2.45, 2.75) is 45.4 Å². The van der Waals surface area contributed by atoms with Gasteiger partial charge in [0, 0.05) is 18.1 Å². The summed E-state index contributed by atoms with van der Waals surface area (Å²) < 4.78 is 11.3. The molecule has 0 aromatic heterocycles. The molecule has 1 aromatic rings. The highest BCUT2D eigenvalue weighted by Crippen LogP contribution is 2.33. The van der Waals surface area contributed by atoms with Gasteiger partial charge in [0.25, 0.3) is 0 Å². The zero-order chi connectivity index (χ0) is 17.3. The summed E-state index contributed by atoms with van der Waals surface area (Å²) >= 11 is 6.33. The third-order valence-electron chi connectivity index (χ3n) is 4.32. The van der Waals surface area contributed by atoms with Crippen molar-refractivity contribution in [3.05, 3.63) is 33.8 Å². The van der Waals surface area contributed by atoms with Crippen molar-refractivity contribution in [2.75, 3.05) is 26.3 Å². The predicted molar refractivity (Wildman–Crippen MR) is 93.4 cm³/mol. The van der Waals surface area contributed by atoms with Crippen LogP contribution in [0.3, 0.4) is 0 Å². The van der Waals surface area contributed by atoms with Crippen LogP contribution in [0.4, 0.5) is 4.79 Å². The Bertz CT molecular complexity index is 627. The molecule has 132 valence electrons. The van der Waals surface area contributed by atoms with Crippen LogP contribution in [0.1, 0.15) is 43.5 Å². The normalized spacial score (nSPS) is 21.3. The molecule has 1 amide bonds. The summed E-state index contributed by atoms with van der Waals surface area (Å²) in [7, 11) is 0. The quantitative estimate of drug-likeness (QED) is 0.842. The van der Waals surface area contributed by atoms with Gasteiger partial charge in [-0.3, -0.25) is 4.90 Å². The molecule has 0 radical (unpaired) electrons. The highest BCUT2D eigenvalue weighted by Gasteiger charge is 2.34. The van der Waals surface area contributed by atoms with Gasteiger partial charge in [-0.15, -0.1) is 0 Å². The Morgan fingerprint density at radius 3 is 2.96 bits per heavy atom. The number of rotatable bonds is 1. The summed E-state index contributed by atoms with van der Waals surface area (Å²) in [4.78, 5) is 14.4. The van der Waals surface area contributed by atoms with E-state index in [0.29, 0.717) is 24.8 Å². The van der Waals surface area contributed by atoms with Crippen molar-refractivity contribution in [3.63, 3.8) is 0 Å². The number of nitrogens with one attached hydrogen (secondary N) is 1. The average Bonchev–Trinajstić information content (AvgIpc) is 2.52. The summed E-state index contributed by atoms with van der Waals surface area (Å²) in [5.41, 5.74) is 3.06. The Hall–Kier alpha value is -1.30. The van der Waals surface area contributed by atoms with Crippen LogP contribution in [0.25, 0.3) is 0 Å². The van der Waals surface area contributed by atoms with Crippen molar-refractivity contribution in [2.24, 2.45) is 0 Å². The number of amides is 1. The van der Waals surface area contributed by atoms with Crippen LogP contribution in [-0.4, -0.2) is 42.9 Å². The molecule has 0 bridgehead atoms. The number of morpholine rings is 1. The van der Waals surface area contributed by atoms with E-state index in [1.165, 1.54) is 11.1 Å². The second kappa shape index (κ2) is 6.90. The van der Waals surface area contributed by atoms with Crippen LogP contribution in [0.5, 0.6) is 0 Å². The summed E-state index contributed by atoms with van der Waals surface area (Å²) in [5.74, 6) is 0. The SMILES string of the molecule is CC(C)(C)OC(=O)N1CCOC[C@@H]1c1cc(Cl)cc2c1CCNC2. The van der Waals surface area contributed by atoms with E-state index in [0.717, 1.165) is 25.1 Å². The lowest BCUT2D eigenvalue weighted by atomic mass is 9.90. The average molecular weight is 353 g/mol. The first kappa shape index (κ1) is 17.5. The number of hydrogen-bond acceptors (Lipinski definition) is 4. The van der Waals surface area contributed by atoms with Gasteiger partial charge in [0.2, 0.25) is 0 Å². The second-order valence-corrected chi connectivity index (χ2v) is 7.76. The van der Waals surface area contributed by atoms with Gasteiger partial charge in [-0.25, -0.2) is 4.79 Å². The van der Waals surface area contributed by atoms with Crippen molar-refractivity contribution in [3.8, 4) is 0 Å². The lowest BCUT2D eigenvalue weighted by molar-refractivity contribution is -0.0333. The van der Waals surface area contributed by atoms with E-state index < -0.39 is 5.60 Å². The third-order valence-corrected chi connectivity index (χ3v) is 4.54. The van der Waals surface area contributed by atoms with E-state index in [2.05, 4.69) is 5.32 Å². The van der Waals surface area contributed by atoms with Crippen LogP contribution < -0.4 is 5.32 Å². The topological polar surface area (TPSA) is 50.8 Å². The molecule has 1 saturated heterocycles. The van der Waals surface area contributed by atoms with Gasteiger partial charge in [-0.05, 0) is 62.6 Å². The molecule has 24 heavy (non-hydrogen) atoms. The zero-order valence-electron chi connectivity index (χ0n) is 14.5. The van der Waals surface area contributed by atoms with Crippen molar-refractivity contribution < 1.29 is 14.3 Å². The highest BCUT2D eigenvalue weighted by molar-refractivity contribution is 6.30. The summed E-state index contributed by atoms with van der Waals surface area (Å²) in [5, 5.41) is 4.06. The smallest absolute Gasteiger partial charge is 0.410 e. The fourth-order valence-electron chi connectivity index (χ4n) is 3.31. The van der Waals surface area contributed by atoms with Gasteiger partial charge in [-0.2, -0.15) is 0 Å². The minimum absolute atomic E-state index is 0.154. The number of halogens is 1. The molecule has 6 heteroatoms. The monoisotopic (exact) mass is 352 g/mol. The molecule has 1 aromatic carbocycles. The van der Waals surface area contributed by atoms with Crippen LogP contribution in [0, 0.1) is 0 Å². The van der Waals surface area contributed by atoms with Crippen LogP contribution >= 0.6 is 11.6 Å². The van der Waals surface area contributed by atoms with Gasteiger partial charge in [0.15, 0.2) is 0 Å². The standard InChI is InChI=1S/C18H25ClN2O3/c1-18(2,3)24-17(22)21-6-7-23-11-16(21)15-9-13(19)8-12-10-20-5-4-14(12)15/h8-9,16,20H,4-7,10-11H2,1-3H3/t16-/m1/s1. The molecule has 5 nitrogen and oxygen atoms in total. The lowest BCUT2D eigenvalue weighted by Gasteiger charge is -2.38. The largest absolute Gasteiger partial charge is 0.444 e. The maximum Gasteiger partial charge on any atom is 0.410 e. The molecule has 0 aliphatic carbocycles. The van der Waals surface area contributed by atoms with E-state index >= 15 is 0 Å². The Labute approximate surface area is 148 Å². The molecule has 3 rings (SSSR count). The minimum Gasteiger partial charge on any atom is -0.444 e. The van der Waals surface area contributed by atoms with Gasteiger partial charge < -0.3 is 14.8 Å². The Kier molecular flexibility index (Phi) is 5.04. The maximum absolute atomic E-state index is 12.7. The van der Waals surface area contributed by atoms with Crippen LogP contribution in [0.15, 0.2) is 12.1 Å². The third kappa shape index (κ3) is 3.85. The number of ether oxygens (including phenoxy) is 2. The Morgan fingerprint density at radius 1 is 1.42 bits per heavy atom. The van der Waals surface area contributed by atoms with Gasteiger partial charge >= 0.3 is 6.09 Å². The van der Waals surface area contributed by atoms with E-state index in [1.807, 2.05) is 32.9 Å². The molecule has 0 saturated carbocycles. The first-order valence-corrected chi connectivity index (χ1v) is 8.82. The van der Waals surface area contributed by atoms with Crippen LogP contribution in [-0.2, 0) is 22.4 Å². The van der Waals surface area contributed by atoms with E-state index in [4.69, 9.17) is 21.1 Å². The van der Waals surface area contributed by atoms with Gasteiger partial charge in [0.1, 0.15) is 5.60 Å². The highest BCUT2D eigenvalue weighted by atomic mass is 35.5. The van der Waals surface area contributed by atoms with Crippen molar-refractivity contribution in [1.29, 1.82) is 0 Å². The van der Waals surface area contributed by atoms with Crippen molar-refractivity contribution >= 4 is 17.7 Å². The Balaban J connectivity index is 1.94. The summed E-state index contributed by atoms with van der Waals surface area (Å²) in [6, 6.07) is 3.83. The molecule has 2 aliphatic rings. The van der Waals surface area contributed by atoms with E-state index in [9.17, 15) is 4.79 Å². The summed E-state index contributed by atoms with van der Waals surface area (Å²) in [6.07, 6.45) is 0.638. The predicted octanol–water partition coefficient (Wildman–Crippen LogP) is 3.29. The Morgan fingerprint density at radius 2 is 2.21 bits per heavy atom. The molecule has 0 spiro atoms. The molecule has 2 aliphatic heterocycles. The lowest BCUT2D eigenvalue weighted by Crippen LogP contribution is -2.46. The molecule has 0 unspecified atom stereocenters. The number of benzene rings is 1. The minimum atomic E-state index is -0.516. The van der Waals surface area contributed by atoms with Gasteiger partial charge in [0.05, 0.1) is 19.3 Å². The van der Waals surface area contributed by atoms with Crippen molar-refractivity contribution in [1.82, 2.24) is 10.2 Å². The molecule has 1 N–H and O–H groups in total. The maximum atomic E-state index is 12.7. The first-order valence-electron chi connectivity index (χ1n) is 8.44. The number of fused-ring (bicyclic) bond motifs is 1. The van der Waals surface area contributed by atoms with E-state index in [-0.39, 0.29) is 12.1 Å². The molecular weight excluding hydrogens is 328 g/mol. The number of carbonyl (C=O) groups excluding carboxylic acids is 1. The van der Waals surface area contributed by atoms with Crippen LogP contribution in [0.2, 0.25) is 5.02 Å². The molecular formula is C18H25ClN2O3. The van der Waals surface area contributed by atoms with Gasteiger partial charge in [-0.1, -0.05) is 11.6 Å². The molecule has 1 fully saturated rings. The first-order chi connectivity index (χ1) is 11.3. The second-order valence-electron chi connectivity index (χ2n) is 7.32. The number of carbonyl (C=O) groups is 1. The molecule has 1 atom stereocenters. The molecule has 2 heterocycles. The zero-order valence-corrected chi connectivity index (χ0v) is 15.3. The number of hydrogen-bond donors (Lipinski definition) is 1. The fourth-order valence-corrected chi connectivity index (χ4v) is 3.56. The van der Waals surface area contributed by atoms with E-state index in [1.54, 1.807) is 4.90 Å². The summed E-state index contributed by atoms with van der Waals surface area (Å²) in [6.45, 7) is 8.91. The number of nitrogens with zero attached hydrogens (tertiary/aromatic N) is 1. The fraction of sp³-hybridized carbons (Fsp3) is 0.611.